The second kappa shape index (κ2) is 5.91. The van der Waals surface area contributed by atoms with Crippen LogP contribution in [0.4, 0.5) is 10.5 Å². The number of cyclic esters (lactones) is 1. The first-order valence-corrected chi connectivity index (χ1v) is 7.38. The summed E-state index contributed by atoms with van der Waals surface area (Å²) in [4.78, 5) is 27.3. The molecule has 0 aliphatic carbocycles. The van der Waals surface area contributed by atoms with Crippen LogP contribution in [0.5, 0.6) is 0 Å². The van der Waals surface area contributed by atoms with Crippen molar-refractivity contribution in [3.8, 4) is 0 Å². The first kappa shape index (κ1) is 16.8. The number of carbonyl (C=O) groups is 2. The van der Waals surface area contributed by atoms with Crippen LogP contribution >= 0.6 is 0 Å². The monoisotopic (exact) mass is 314 g/mol. The molecule has 1 aromatic carbocycles. The van der Waals surface area contributed by atoms with Crippen LogP contribution in [-0.4, -0.2) is 29.5 Å². The van der Waals surface area contributed by atoms with Crippen LogP contribution < -0.4 is 4.90 Å². The van der Waals surface area contributed by atoms with Crippen molar-refractivity contribution in [1.82, 2.24) is 4.90 Å². The zero-order valence-electron chi connectivity index (χ0n) is 14.2. The average molecular weight is 314 g/mol. The predicted molar refractivity (Wildman–Crippen MR) is 90.7 cm³/mol. The number of amides is 2. The molecule has 1 fully saturated rings. The van der Waals surface area contributed by atoms with E-state index in [-0.39, 0.29) is 5.76 Å². The molecule has 1 heterocycles. The second-order valence-corrected chi connectivity index (χ2v) is 6.57. The van der Waals surface area contributed by atoms with Gasteiger partial charge in [-0.15, -0.1) is 0 Å². The van der Waals surface area contributed by atoms with Gasteiger partial charge in [-0.1, -0.05) is 18.7 Å². The molecule has 0 saturated carbocycles. The van der Waals surface area contributed by atoms with Crippen LogP contribution in [0.3, 0.4) is 0 Å². The SMILES string of the molecule is C=C(C)N(C)c1ccc(C=C2OC(=O)N(C(C)(C)C)C2=O)cc1. The largest absolute Gasteiger partial charge is 0.423 e. The van der Waals surface area contributed by atoms with Crippen molar-refractivity contribution in [2.75, 3.05) is 11.9 Å². The molecule has 0 atom stereocenters. The molecule has 0 radical (unpaired) electrons. The van der Waals surface area contributed by atoms with Gasteiger partial charge >= 0.3 is 6.09 Å². The minimum Gasteiger partial charge on any atom is -0.404 e. The summed E-state index contributed by atoms with van der Waals surface area (Å²) in [5.74, 6) is -0.364. The highest BCUT2D eigenvalue weighted by Crippen LogP contribution is 2.27. The quantitative estimate of drug-likeness (QED) is 0.797. The molecule has 1 aliphatic rings. The Labute approximate surface area is 136 Å². The summed E-state index contributed by atoms with van der Waals surface area (Å²) < 4.78 is 5.11. The van der Waals surface area contributed by atoms with Crippen molar-refractivity contribution in [3.63, 3.8) is 0 Å². The molecule has 0 N–H and O–H groups in total. The number of benzene rings is 1. The van der Waals surface area contributed by atoms with Crippen molar-refractivity contribution < 1.29 is 14.3 Å². The molecule has 1 saturated heterocycles. The Kier molecular flexibility index (Phi) is 4.32. The molecule has 122 valence electrons. The predicted octanol–water partition coefficient (Wildman–Crippen LogP) is 3.77. The molecule has 1 aromatic rings. The Bertz CT molecular complexity index is 681. The zero-order chi connectivity index (χ0) is 17.4. The van der Waals surface area contributed by atoms with Gasteiger partial charge in [0, 0.05) is 24.0 Å². The third-order valence-electron chi connectivity index (χ3n) is 3.62. The molecule has 0 aromatic heterocycles. The van der Waals surface area contributed by atoms with Crippen LogP contribution in [0.1, 0.15) is 33.3 Å². The Hall–Kier alpha value is -2.56. The molecule has 5 nitrogen and oxygen atoms in total. The van der Waals surface area contributed by atoms with Gasteiger partial charge in [-0.05, 0) is 51.5 Å². The molecule has 2 amide bonds. The average Bonchev–Trinajstić information content (AvgIpc) is 2.73. The zero-order valence-corrected chi connectivity index (χ0v) is 14.2. The molecule has 0 spiro atoms. The first-order valence-electron chi connectivity index (χ1n) is 7.38. The van der Waals surface area contributed by atoms with Crippen LogP contribution in [0, 0.1) is 0 Å². The molecule has 23 heavy (non-hydrogen) atoms. The van der Waals surface area contributed by atoms with Crippen LogP contribution in [0.2, 0.25) is 0 Å². The van der Waals surface area contributed by atoms with E-state index < -0.39 is 17.5 Å². The van der Waals surface area contributed by atoms with E-state index in [1.165, 1.54) is 0 Å². The number of imide groups is 1. The number of ether oxygens (including phenoxy) is 1. The van der Waals surface area contributed by atoms with Gasteiger partial charge in [0.25, 0.3) is 5.91 Å². The first-order chi connectivity index (χ1) is 10.6. The van der Waals surface area contributed by atoms with E-state index in [4.69, 9.17) is 4.74 Å². The lowest BCUT2D eigenvalue weighted by molar-refractivity contribution is -0.126. The van der Waals surface area contributed by atoms with Gasteiger partial charge < -0.3 is 9.64 Å². The van der Waals surface area contributed by atoms with Gasteiger partial charge in [0.1, 0.15) is 0 Å². The lowest BCUT2D eigenvalue weighted by atomic mass is 10.1. The summed E-state index contributed by atoms with van der Waals surface area (Å²) in [6.45, 7) is 11.2. The third kappa shape index (κ3) is 3.44. The van der Waals surface area contributed by atoms with Gasteiger partial charge in [-0.3, -0.25) is 4.79 Å². The van der Waals surface area contributed by atoms with E-state index in [0.29, 0.717) is 0 Å². The van der Waals surface area contributed by atoms with Gasteiger partial charge in [-0.2, -0.15) is 0 Å². The fraction of sp³-hybridized carbons (Fsp3) is 0.333. The summed E-state index contributed by atoms with van der Waals surface area (Å²) in [6.07, 6.45) is 0.948. The molecular weight excluding hydrogens is 292 g/mol. The summed E-state index contributed by atoms with van der Waals surface area (Å²) in [5, 5.41) is 0. The molecule has 2 rings (SSSR count). The maximum Gasteiger partial charge on any atom is 0.423 e. The number of nitrogens with zero attached hydrogens (tertiary/aromatic N) is 2. The number of hydrogen-bond acceptors (Lipinski definition) is 4. The Morgan fingerprint density at radius 1 is 1.22 bits per heavy atom. The minimum atomic E-state index is -0.632. The number of carbonyl (C=O) groups excluding carboxylic acids is 2. The molecular formula is C18H22N2O3. The van der Waals surface area contributed by atoms with E-state index in [0.717, 1.165) is 21.8 Å². The molecule has 1 aliphatic heterocycles. The van der Waals surface area contributed by atoms with E-state index >= 15 is 0 Å². The maximum atomic E-state index is 12.3. The van der Waals surface area contributed by atoms with Crippen molar-refractivity contribution >= 4 is 23.8 Å². The van der Waals surface area contributed by atoms with Gasteiger partial charge in [0.15, 0.2) is 5.76 Å². The fourth-order valence-electron chi connectivity index (χ4n) is 2.21. The number of hydrogen-bond donors (Lipinski definition) is 0. The Balaban J connectivity index is 2.25. The minimum absolute atomic E-state index is 0.0472. The van der Waals surface area contributed by atoms with Crippen molar-refractivity contribution in [2.24, 2.45) is 0 Å². The second-order valence-electron chi connectivity index (χ2n) is 6.57. The normalized spacial score (nSPS) is 16.7. The lowest BCUT2D eigenvalue weighted by Crippen LogP contribution is -2.44. The lowest BCUT2D eigenvalue weighted by Gasteiger charge is -2.26. The summed E-state index contributed by atoms with van der Waals surface area (Å²) in [7, 11) is 1.93. The van der Waals surface area contributed by atoms with E-state index in [9.17, 15) is 9.59 Å². The van der Waals surface area contributed by atoms with Gasteiger partial charge in [-0.25, -0.2) is 9.69 Å². The van der Waals surface area contributed by atoms with Crippen molar-refractivity contribution in [3.05, 3.63) is 47.9 Å². The van der Waals surface area contributed by atoms with Crippen LogP contribution in [0.15, 0.2) is 42.3 Å². The summed E-state index contributed by atoms with van der Waals surface area (Å²) in [6, 6.07) is 7.57. The highest BCUT2D eigenvalue weighted by atomic mass is 16.6. The van der Waals surface area contributed by atoms with Gasteiger partial charge in [0.05, 0.1) is 0 Å². The number of anilines is 1. The third-order valence-corrected chi connectivity index (χ3v) is 3.62. The van der Waals surface area contributed by atoms with Gasteiger partial charge in [0.2, 0.25) is 0 Å². The highest BCUT2D eigenvalue weighted by Gasteiger charge is 2.43. The summed E-state index contributed by atoms with van der Waals surface area (Å²) in [5.41, 5.74) is 2.09. The van der Waals surface area contributed by atoms with Crippen molar-refractivity contribution in [2.45, 2.75) is 33.2 Å². The van der Waals surface area contributed by atoms with Crippen molar-refractivity contribution in [1.29, 1.82) is 0 Å². The highest BCUT2D eigenvalue weighted by molar-refractivity contribution is 6.10. The number of allylic oxidation sites excluding steroid dienone is 1. The van der Waals surface area contributed by atoms with Crippen LogP contribution in [0.25, 0.3) is 6.08 Å². The standard InChI is InChI=1S/C18H22N2O3/c1-12(2)19(6)14-9-7-13(8-10-14)11-15-16(21)20(17(22)23-15)18(3,4)5/h7-11H,1H2,2-6H3. The molecule has 0 bridgehead atoms. The summed E-state index contributed by atoms with van der Waals surface area (Å²) >= 11 is 0. The van der Waals surface area contributed by atoms with E-state index in [1.807, 2.05) is 43.1 Å². The Morgan fingerprint density at radius 2 is 1.78 bits per heavy atom. The smallest absolute Gasteiger partial charge is 0.404 e. The van der Waals surface area contributed by atoms with E-state index in [2.05, 4.69) is 6.58 Å². The topological polar surface area (TPSA) is 49.9 Å². The Morgan fingerprint density at radius 3 is 2.22 bits per heavy atom. The number of rotatable bonds is 3. The van der Waals surface area contributed by atoms with Crippen LogP contribution in [-0.2, 0) is 9.53 Å². The molecule has 5 heteroatoms. The fourth-order valence-corrected chi connectivity index (χ4v) is 2.21. The maximum absolute atomic E-state index is 12.3. The van der Waals surface area contributed by atoms with E-state index in [1.54, 1.807) is 26.8 Å². The molecule has 0 unspecified atom stereocenters.